The van der Waals surface area contributed by atoms with Crippen molar-refractivity contribution in [3.8, 4) is 5.75 Å². The fourth-order valence-electron chi connectivity index (χ4n) is 4.22. The lowest BCUT2D eigenvalue weighted by molar-refractivity contribution is -0.123. The maximum absolute atomic E-state index is 13.8. The van der Waals surface area contributed by atoms with Crippen LogP contribution in [0.5, 0.6) is 5.75 Å². The largest absolute Gasteiger partial charge is 0.497 e. The lowest BCUT2D eigenvalue weighted by atomic mass is 9.94. The lowest BCUT2D eigenvalue weighted by Crippen LogP contribution is -2.47. The second kappa shape index (κ2) is 11.4. The fraction of sp³-hybridized carbons (Fsp3) is 0.320. The van der Waals surface area contributed by atoms with Crippen LogP contribution < -0.4 is 15.0 Å². The summed E-state index contributed by atoms with van der Waals surface area (Å²) < 4.78 is 23.3. The molecule has 1 aliphatic rings. The van der Waals surface area contributed by atoms with Crippen molar-refractivity contribution in [2.45, 2.75) is 44.2 Å². The highest BCUT2D eigenvalue weighted by Gasteiger charge is 2.36. The first-order chi connectivity index (χ1) is 16.9. The van der Waals surface area contributed by atoms with Gasteiger partial charge in [-0.15, -0.1) is 0 Å². The SMILES string of the molecule is COc1ccc([C@@H](C(=O)NC2CCCCC2)N(C(=O)c2nsc(Cl)c2Cl)c2ccc(F)cc2)cc1. The second-order valence-corrected chi connectivity index (χ2v) is 10.0. The maximum Gasteiger partial charge on any atom is 0.280 e. The summed E-state index contributed by atoms with van der Waals surface area (Å²) in [6.07, 6.45) is 4.95. The van der Waals surface area contributed by atoms with Gasteiger partial charge in [-0.25, -0.2) is 4.39 Å². The van der Waals surface area contributed by atoms with Crippen molar-refractivity contribution >= 4 is 52.2 Å². The highest BCUT2D eigenvalue weighted by Crippen LogP contribution is 2.35. The summed E-state index contributed by atoms with van der Waals surface area (Å²) in [4.78, 5) is 28.9. The first kappa shape index (κ1) is 25.4. The molecule has 1 fully saturated rings. The van der Waals surface area contributed by atoms with E-state index in [9.17, 15) is 14.0 Å². The summed E-state index contributed by atoms with van der Waals surface area (Å²) in [5, 5.41) is 3.13. The molecule has 0 unspecified atom stereocenters. The third-order valence-corrected chi connectivity index (χ3v) is 7.62. The number of nitrogens with zero attached hydrogens (tertiary/aromatic N) is 2. The first-order valence-corrected chi connectivity index (χ1v) is 12.8. The third-order valence-electron chi connectivity index (χ3n) is 6.01. The average molecular weight is 536 g/mol. The molecule has 3 aromatic rings. The minimum atomic E-state index is -1.07. The molecule has 4 rings (SSSR count). The number of ether oxygens (including phenoxy) is 1. The molecule has 1 aliphatic carbocycles. The van der Waals surface area contributed by atoms with E-state index in [0.717, 1.165) is 43.6 Å². The molecule has 2 amide bonds. The summed E-state index contributed by atoms with van der Waals surface area (Å²) in [5.41, 5.74) is 0.792. The number of hydrogen-bond donors (Lipinski definition) is 1. The summed E-state index contributed by atoms with van der Waals surface area (Å²) >= 11 is 13.2. The highest BCUT2D eigenvalue weighted by atomic mass is 35.5. The molecule has 1 saturated carbocycles. The minimum Gasteiger partial charge on any atom is -0.497 e. The molecule has 1 atom stereocenters. The van der Waals surface area contributed by atoms with Gasteiger partial charge in [0.15, 0.2) is 5.69 Å². The molecule has 0 radical (unpaired) electrons. The Morgan fingerprint density at radius 2 is 1.74 bits per heavy atom. The van der Waals surface area contributed by atoms with Crippen LogP contribution in [0.1, 0.15) is 54.2 Å². The Kier molecular flexibility index (Phi) is 8.26. The van der Waals surface area contributed by atoms with Crippen molar-refractivity contribution in [3.63, 3.8) is 0 Å². The summed E-state index contributed by atoms with van der Waals surface area (Å²) in [6.45, 7) is 0. The number of carbonyl (C=O) groups is 2. The Morgan fingerprint density at radius 1 is 1.09 bits per heavy atom. The van der Waals surface area contributed by atoms with Crippen molar-refractivity contribution in [2.24, 2.45) is 0 Å². The molecule has 0 spiro atoms. The lowest BCUT2D eigenvalue weighted by Gasteiger charge is -2.33. The van der Waals surface area contributed by atoms with E-state index in [-0.39, 0.29) is 27.0 Å². The minimum absolute atomic E-state index is 0.00921. The number of methoxy groups -OCH3 is 1. The van der Waals surface area contributed by atoms with Crippen molar-refractivity contribution in [1.29, 1.82) is 0 Å². The first-order valence-electron chi connectivity index (χ1n) is 11.2. The highest BCUT2D eigenvalue weighted by molar-refractivity contribution is 7.11. The summed E-state index contributed by atoms with van der Waals surface area (Å²) in [5.74, 6) is -0.834. The van der Waals surface area contributed by atoms with Crippen molar-refractivity contribution in [3.05, 3.63) is 75.0 Å². The van der Waals surface area contributed by atoms with Crippen molar-refractivity contribution < 1.29 is 18.7 Å². The van der Waals surface area contributed by atoms with Crippen molar-refractivity contribution in [1.82, 2.24) is 9.69 Å². The van der Waals surface area contributed by atoms with E-state index in [4.69, 9.17) is 27.9 Å². The quantitative estimate of drug-likeness (QED) is 0.378. The zero-order valence-corrected chi connectivity index (χ0v) is 21.3. The Morgan fingerprint density at radius 3 is 2.31 bits per heavy atom. The van der Waals surface area contributed by atoms with Gasteiger partial charge in [0, 0.05) is 11.7 Å². The molecule has 35 heavy (non-hydrogen) atoms. The van der Waals surface area contributed by atoms with Gasteiger partial charge in [-0.05, 0) is 66.3 Å². The molecule has 184 valence electrons. The Labute approximate surface area is 217 Å². The van der Waals surface area contributed by atoms with Gasteiger partial charge in [-0.1, -0.05) is 54.6 Å². The van der Waals surface area contributed by atoms with E-state index in [0.29, 0.717) is 17.0 Å². The Hall–Kier alpha value is -2.68. The monoisotopic (exact) mass is 535 g/mol. The molecule has 0 saturated heterocycles. The molecule has 2 aromatic carbocycles. The van der Waals surface area contributed by atoms with Crippen LogP contribution in [0.15, 0.2) is 48.5 Å². The molecule has 10 heteroatoms. The van der Waals surface area contributed by atoms with Gasteiger partial charge in [0.2, 0.25) is 5.91 Å². The van der Waals surface area contributed by atoms with Crippen LogP contribution in [-0.2, 0) is 4.79 Å². The van der Waals surface area contributed by atoms with Gasteiger partial charge in [0.1, 0.15) is 27.0 Å². The van der Waals surface area contributed by atoms with Crippen LogP contribution in [0, 0.1) is 5.82 Å². The van der Waals surface area contributed by atoms with E-state index >= 15 is 0 Å². The van der Waals surface area contributed by atoms with Crippen LogP contribution in [0.4, 0.5) is 10.1 Å². The maximum atomic E-state index is 13.8. The van der Waals surface area contributed by atoms with Gasteiger partial charge < -0.3 is 10.1 Å². The zero-order chi connectivity index (χ0) is 24.9. The number of nitrogens with one attached hydrogen (secondary N) is 1. The number of carbonyl (C=O) groups excluding carboxylic acids is 2. The number of hydrogen-bond acceptors (Lipinski definition) is 5. The van der Waals surface area contributed by atoms with E-state index < -0.39 is 17.8 Å². The molecular formula is C25H24Cl2FN3O3S. The smallest absolute Gasteiger partial charge is 0.280 e. The molecular weight excluding hydrogens is 512 g/mol. The third kappa shape index (κ3) is 5.77. The van der Waals surface area contributed by atoms with Crippen LogP contribution in [0.2, 0.25) is 9.36 Å². The van der Waals surface area contributed by atoms with E-state index in [1.807, 2.05) is 0 Å². The fourth-order valence-corrected chi connectivity index (χ4v) is 5.21. The van der Waals surface area contributed by atoms with E-state index in [1.54, 1.807) is 31.4 Å². The zero-order valence-electron chi connectivity index (χ0n) is 19.0. The van der Waals surface area contributed by atoms with Crippen LogP contribution in [0.25, 0.3) is 0 Å². The number of halogens is 3. The van der Waals surface area contributed by atoms with Gasteiger partial charge in [-0.3, -0.25) is 14.5 Å². The molecule has 1 aromatic heterocycles. The van der Waals surface area contributed by atoms with Gasteiger partial charge in [-0.2, -0.15) is 4.37 Å². The van der Waals surface area contributed by atoms with Crippen LogP contribution in [0.3, 0.4) is 0 Å². The predicted molar refractivity (Wildman–Crippen MR) is 136 cm³/mol. The van der Waals surface area contributed by atoms with Gasteiger partial charge in [0.05, 0.1) is 7.11 Å². The molecule has 0 aliphatic heterocycles. The van der Waals surface area contributed by atoms with Crippen molar-refractivity contribution in [2.75, 3.05) is 12.0 Å². The van der Waals surface area contributed by atoms with E-state index in [1.165, 1.54) is 29.2 Å². The van der Waals surface area contributed by atoms with Gasteiger partial charge in [0.25, 0.3) is 5.91 Å². The number of anilines is 1. The summed E-state index contributed by atoms with van der Waals surface area (Å²) in [7, 11) is 1.55. The number of benzene rings is 2. The Bertz CT molecular complexity index is 1180. The van der Waals surface area contributed by atoms with E-state index in [2.05, 4.69) is 9.69 Å². The molecule has 1 N–H and O–H groups in total. The molecule has 1 heterocycles. The Balaban J connectivity index is 1.81. The normalized spacial score (nSPS) is 14.9. The topological polar surface area (TPSA) is 71.5 Å². The average Bonchev–Trinajstić information content (AvgIpc) is 3.21. The number of amides is 2. The van der Waals surface area contributed by atoms with Gasteiger partial charge >= 0.3 is 0 Å². The second-order valence-electron chi connectivity index (χ2n) is 8.29. The molecule has 0 bridgehead atoms. The number of rotatable bonds is 7. The number of aromatic nitrogens is 1. The van der Waals surface area contributed by atoms with Crippen LogP contribution >= 0.6 is 34.7 Å². The summed E-state index contributed by atoms with van der Waals surface area (Å²) in [6, 6.07) is 11.2. The molecule has 6 nitrogen and oxygen atoms in total. The van der Waals surface area contributed by atoms with Crippen LogP contribution in [-0.4, -0.2) is 29.3 Å². The standard InChI is InChI=1S/C25H24Cl2FN3O3S/c1-34-19-13-7-15(8-14-19)22(24(32)29-17-5-3-2-4-6-17)31(18-11-9-16(28)10-12-18)25(33)21-20(26)23(27)35-30-21/h7-14,17,22H,2-6H2,1H3,(H,29,32)/t22-/m0/s1. The predicted octanol–water partition coefficient (Wildman–Crippen LogP) is 6.43.